The lowest BCUT2D eigenvalue weighted by Gasteiger charge is -2.30. The zero-order valence-corrected chi connectivity index (χ0v) is 76.7. The number of ether oxygens (including phenoxy) is 4. The Labute approximate surface area is 766 Å². The fourth-order valence-corrected chi connectivity index (χ4v) is 22.4. The van der Waals surface area contributed by atoms with E-state index in [1.165, 1.54) is 51.0 Å². The molecule has 8 aromatic carbocycles. The number of nitrogens with zero attached hydrogens (tertiary/aromatic N) is 6. The highest BCUT2D eigenvalue weighted by Crippen LogP contribution is 2.44. The van der Waals surface area contributed by atoms with Crippen molar-refractivity contribution in [3.05, 3.63) is 144 Å². The van der Waals surface area contributed by atoms with Crippen LogP contribution in [0.2, 0.25) is 0 Å². The van der Waals surface area contributed by atoms with Crippen LogP contribution >= 0.6 is 0 Å². The Hall–Kier alpha value is -11.0. The molecule has 8 heterocycles. The third-order valence-corrected chi connectivity index (χ3v) is 30.7. The van der Waals surface area contributed by atoms with Gasteiger partial charge in [0.1, 0.15) is 92.0 Å². The fraction of sp³-hybridized carbons (Fsp3) is 0.490. The van der Waals surface area contributed by atoms with Crippen LogP contribution < -0.4 is 29.6 Å². The molecular formula is C102H116N8O20S2. The summed E-state index contributed by atoms with van der Waals surface area (Å²) in [7, 11) is -6.17. The van der Waals surface area contributed by atoms with Crippen LogP contribution in [0.4, 0.5) is 0 Å². The number of Topliss-reactive ketones (excluding diaryl/α,β-unsaturated/α-hetero) is 8. The van der Waals surface area contributed by atoms with Gasteiger partial charge in [-0.2, -0.15) is 0 Å². The average Bonchev–Trinajstić information content (AvgIpc) is 1.59. The van der Waals surface area contributed by atoms with Gasteiger partial charge >= 0.3 is 0 Å². The molecule has 30 heteroatoms. The van der Waals surface area contributed by atoms with E-state index in [-0.39, 0.29) is 83.8 Å². The normalized spacial score (nSPS) is 20.6. The maximum absolute atomic E-state index is 12.5. The highest BCUT2D eigenvalue weighted by Gasteiger charge is 2.38. The molecule has 4 aliphatic carbocycles. The predicted octanol–water partition coefficient (Wildman–Crippen LogP) is 17.5. The minimum Gasteiger partial charge on any atom is -0.494 e. The van der Waals surface area contributed by atoms with E-state index in [0.29, 0.717) is 148 Å². The monoisotopic (exact) mass is 1840 g/mol. The molecule has 4 saturated carbocycles. The lowest BCUT2D eigenvalue weighted by atomic mass is 9.83. The van der Waals surface area contributed by atoms with Gasteiger partial charge < -0.3 is 47.7 Å². The van der Waals surface area contributed by atoms with E-state index in [0.717, 1.165) is 203 Å². The first-order chi connectivity index (χ1) is 64.0. The largest absolute Gasteiger partial charge is 0.494 e. The first-order valence-corrected chi connectivity index (χ1v) is 50.9. The first-order valence-electron chi connectivity index (χ1n) is 47.3. The van der Waals surface area contributed by atoms with Crippen LogP contribution in [-0.2, 0) is 58.4 Å². The van der Waals surface area contributed by atoms with Crippen molar-refractivity contribution in [3.8, 4) is 23.0 Å². The number of hydrogen-bond acceptors (Lipinski definition) is 26. The summed E-state index contributed by atoms with van der Waals surface area (Å²) in [6.45, 7) is 9.63. The summed E-state index contributed by atoms with van der Waals surface area (Å²) in [5.74, 6) is 4.16. The Morgan fingerprint density at radius 1 is 0.318 bits per heavy atom. The highest BCUT2D eigenvalue weighted by molar-refractivity contribution is 7.88. The molecular weight excluding hydrogens is 1720 g/mol. The van der Waals surface area contributed by atoms with Gasteiger partial charge in [-0.1, -0.05) is 44.9 Å². The van der Waals surface area contributed by atoms with Crippen LogP contribution in [0.15, 0.2) is 139 Å². The van der Waals surface area contributed by atoms with Crippen molar-refractivity contribution in [1.29, 1.82) is 0 Å². The van der Waals surface area contributed by atoms with Gasteiger partial charge in [0.05, 0.1) is 110 Å². The molecule has 2 N–H and O–H groups in total. The van der Waals surface area contributed by atoms with Crippen molar-refractivity contribution in [1.82, 2.24) is 39.9 Å². The molecule has 0 bridgehead atoms. The van der Waals surface area contributed by atoms with E-state index in [1.54, 1.807) is 8.61 Å². The van der Waals surface area contributed by atoms with E-state index in [2.05, 4.69) is 31.3 Å². The molecule has 4 atom stereocenters. The SMILES string of the molecule is CS(=O)(=O)N1CCC(CCCOc2ccc3c(ccc4onc([C@@H]5CCC(=O)CC5=O)c43)c2)CC1.CS(=O)(=O)N1CCC(CCCOc2ccc3c(ccc4onc([C@H]5CCC(=O)CC5=O)c43)c2)CC1.O=C1CC[C@@H](c2noc3ccc4cc(OCCCC5CCNCC5)ccc4c23)C(=O)C1.O=C1CC[C@H](c2noc3ccc4cc(OCCCC5CCNCC5)ccc4c23)C(=O)C1. The quantitative estimate of drug-likeness (QED) is 0.0375. The number of carbonyl (C=O) groups excluding carboxylic acids is 8. The summed E-state index contributed by atoms with van der Waals surface area (Å²) in [5.41, 5.74) is 5.17. The number of hydrogen-bond donors (Lipinski definition) is 2. The Bertz CT molecular complexity index is 6140. The number of sulfonamides is 2. The molecule has 4 saturated heterocycles. The van der Waals surface area contributed by atoms with Gasteiger partial charge in [-0.3, -0.25) is 38.4 Å². The molecule has 8 fully saturated rings. The van der Waals surface area contributed by atoms with E-state index >= 15 is 0 Å². The number of fused-ring (bicyclic) bond motifs is 12. The molecule has 696 valence electrons. The number of rotatable bonds is 26. The lowest BCUT2D eigenvalue weighted by molar-refractivity contribution is -0.132. The number of nitrogens with one attached hydrogen (secondary N) is 2. The van der Waals surface area contributed by atoms with Crippen LogP contribution in [-0.4, -0.2) is 184 Å². The van der Waals surface area contributed by atoms with Crippen molar-refractivity contribution >= 4 is 153 Å². The van der Waals surface area contributed by atoms with Gasteiger partial charge in [-0.15, -0.1) is 0 Å². The van der Waals surface area contributed by atoms with Crippen molar-refractivity contribution in [3.63, 3.8) is 0 Å². The molecule has 20 rings (SSSR count). The summed E-state index contributed by atoms with van der Waals surface area (Å²) < 4.78 is 95.9. The van der Waals surface area contributed by atoms with Crippen molar-refractivity contribution in [2.45, 2.75) is 203 Å². The van der Waals surface area contributed by atoms with Crippen LogP contribution in [0.3, 0.4) is 0 Å². The third-order valence-electron chi connectivity index (χ3n) is 28.1. The summed E-state index contributed by atoms with van der Waals surface area (Å²) in [4.78, 5) is 96.5. The number of ketones is 8. The predicted molar refractivity (Wildman–Crippen MR) is 501 cm³/mol. The molecule has 0 spiro atoms. The number of benzene rings is 8. The smallest absolute Gasteiger partial charge is 0.211 e. The topological polar surface area (TPSA) is 376 Å². The summed E-state index contributed by atoms with van der Waals surface area (Å²) in [5, 5.41) is 35.1. The maximum Gasteiger partial charge on any atom is 0.211 e. The molecule has 132 heavy (non-hydrogen) atoms. The van der Waals surface area contributed by atoms with Crippen LogP contribution in [0.25, 0.3) is 87.0 Å². The molecule has 28 nitrogen and oxygen atoms in total. The van der Waals surface area contributed by atoms with E-state index < -0.39 is 31.9 Å². The van der Waals surface area contributed by atoms with E-state index in [9.17, 15) is 55.2 Å². The van der Waals surface area contributed by atoms with Crippen LogP contribution in [0.5, 0.6) is 23.0 Å². The number of carbonyl (C=O) groups is 8. The molecule has 4 aliphatic heterocycles. The Balaban J connectivity index is 0.000000123. The number of piperidine rings is 4. The summed E-state index contributed by atoms with van der Waals surface area (Å²) >= 11 is 0. The lowest BCUT2D eigenvalue weighted by Crippen LogP contribution is -2.37. The second kappa shape index (κ2) is 42.0. The fourth-order valence-electron chi connectivity index (χ4n) is 20.7. The Morgan fingerprint density at radius 2 is 0.553 bits per heavy atom. The second-order valence-corrected chi connectivity index (χ2v) is 41.2. The van der Waals surface area contributed by atoms with E-state index in [4.69, 9.17) is 37.0 Å². The van der Waals surface area contributed by atoms with Gasteiger partial charge in [-0.05, 0) is 318 Å². The van der Waals surface area contributed by atoms with Crippen molar-refractivity contribution < 1.29 is 92.2 Å². The molecule has 4 aromatic heterocycles. The highest BCUT2D eigenvalue weighted by atomic mass is 32.2. The van der Waals surface area contributed by atoms with Gasteiger partial charge in [0, 0.05) is 51.9 Å². The van der Waals surface area contributed by atoms with Crippen LogP contribution in [0, 0.1) is 23.7 Å². The molecule has 8 aliphatic rings. The first kappa shape index (κ1) is 92.8. The summed E-state index contributed by atoms with van der Waals surface area (Å²) in [6, 6.07) is 39.3. The van der Waals surface area contributed by atoms with Crippen molar-refractivity contribution in [2.24, 2.45) is 23.7 Å². The molecule has 0 radical (unpaired) electrons. The van der Waals surface area contributed by atoms with Gasteiger partial charge in [0.25, 0.3) is 0 Å². The molecule has 12 aromatic rings. The van der Waals surface area contributed by atoms with Crippen LogP contribution in [0.1, 0.15) is 226 Å². The van der Waals surface area contributed by atoms with Gasteiger partial charge in [0.2, 0.25) is 20.0 Å². The minimum atomic E-state index is -3.08. The average molecular weight is 1840 g/mol. The van der Waals surface area contributed by atoms with Crippen molar-refractivity contribution in [2.75, 3.05) is 91.3 Å². The second-order valence-electron chi connectivity index (χ2n) is 37.2. The standard InChI is InChI=1S/2C26H30N2O6S.2C25H28N2O4/c2*1-35(31,32)28-12-10-17(11-13-28)3-2-14-33-20-6-8-21-18(15-20)4-9-24-25(21)26(27-34-24)22-7-5-19(29)16-23(22)30;2*28-18-4-6-21(22(29)15-18)25-24-20-7-5-19(14-17(20)3-8-23(24)31-27-25)30-13-1-2-16-9-11-26-12-10-16/h2*4,6,8-9,15,17,22H,2-3,5,7,10-14,16H2,1H3;2*3,5,7-8,14,16,21,26H,1-2,4,6,9-13,15H2/t2*22-;2*21-/m1010/s1. The van der Waals surface area contributed by atoms with Gasteiger partial charge in [-0.25, -0.2) is 25.4 Å². The zero-order chi connectivity index (χ0) is 91.6. The number of aromatic nitrogens is 4. The third kappa shape index (κ3) is 22.2. The Kier molecular flexibility index (Phi) is 29.6. The zero-order valence-electron chi connectivity index (χ0n) is 75.1. The minimum absolute atomic E-state index is 0.000850. The Morgan fingerprint density at radius 3 is 0.780 bits per heavy atom. The van der Waals surface area contributed by atoms with E-state index in [1.807, 2.05) is 121 Å². The summed E-state index contributed by atoms with van der Waals surface area (Å²) in [6.07, 6.45) is 23.2. The maximum atomic E-state index is 12.5. The molecule has 0 amide bonds. The molecule has 0 unspecified atom stereocenters. The van der Waals surface area contributed by atoms with Gasteiger partial charge in [0.15, 0.2) is 22.3 Å².